The van der Waals surface area contributed by atoms with Crippen molar-refractivity contribution in [1.82, 2.24) is 0 Å². The third-order valence-electron chi connectivity index (χ3n) is 2.74. The third-order valence-corrected chi connectivity index (χ3v) is 2.74. The van der Waals surface area contributed by atoms with Crippen LogP contribution in [0.1, 0.15) is 46.5 Å². The van der Waals surface area contributed by atoms with E-state index in [0.29, 0.717) is 6.42 Å². The largest absolute Gasteiger partial charge is 0.453 e. The maximum absolute atomic E-state index is 11.5. The van der Waals surface area contributed by atoms with Gasteiger partial charge in [-0.25, -0.2) is 0 Å². The van der Waals surface area contributed by atoms with E-state index in [9.17, 15) is 9.59 Å². The molecule has 2 N–H and O–H groups in total. The Morgan fingerprint density at radius 2 is 2.06 bits per heavy atom. The summed E-state index contributed by atoms with van der Waals surface area (Å²) in [5.41, 5.74) is 5.70. The molecule has 0 aromatic heterocycles. The van der Waals surface area contributed by atoms with E-state index in [-0.39, 0.29) is 5.92 Å². The maximum atomic E-state index is 11.5. The minimum atomic E-state index is -0.762. The second-order valence-corrected chi connectivity index (χ2v) is 4.10. The smallest absolute Gasteiger partial charge is 0.323 e. The first-order valence-corrected chi connectivity index (χ1v) is 5.90. The van der Waals surface area contributed by atoms with Gasteiger partial charge in [0.15, 0.2) is 6.10 Å². The van der Waals surface area contributed by atoms with Crippen molar-refractivity contribution in [3.05, 3.63) is 0 Å². The van der Waals surface area contributed by atoms with Gasteiger partial charge in [-0.1, -0.05) is 33.6 Å². The molecule has 0 spiro atoms. The van der Waals surface area contributed by atoms with Gasteiger partial charge >= 0.3 is 5.97 Å². The van der Waals surface area contributed by atoms with Crippen molar-refractivity contribution in [2.75, 3.05) is 0 Å². The summed E-state index contributed by atoms with van der Waals surface area (Å²) in [7, 11) is 0. The lowest BCUT2D eigenvalue weighted by molar-refractivity contribution is -0.149. The molecule has 0 rings (SSSR count). The number of unbranched alkanes of at least 4 members (excludes halogenated alkanes) is 1. The summed E-state index contributed by atoms with van der Waals surface area (Å²) in [6, 6.07) is -0.650. The Morgan fingerprint density at radius 1 is 1.44 bits per heavy atom. The number of ether oxygens (including phenoxy) is 1. The Bertz CT molecular complexity index is 218. The van der Waals surface area contributed by atoms with Crippen molar-refractivity contribution in [1.29, 1.82) is 0 Å². The molecule has 0 saturated carbocycles. The minimum absolute atomic E-state index is 0.0611. The molecule has 93 valence electrons. The topological polar surface area (TPSA) is 69.4 Å². The van der Waals surface area contributed by atoms with Crippen molar-refractivity contribution in [3.8, 4) is 0 Å². The second kappa shape index (κ2) is 8.28. The molecule has 0 fully saturated rings. The molecule has 0 amide bonds. The summed E-state index contributed by atoms with van der Waals surface area (Å²) < 4.78 is 5.00. The fraction of sp³-hybridized carbons (Fsp3) is 0.833. The van der Waals surface area contributed by atoms with Gasteiger partial charge in [0.05, 0.1) is 0 Å². The van der Waals surface area contributed by atoms with E-state index in [1.165, 1.54) is 0 Å². The zero-order valence-electron chi connectivity index (χ0n) is 10.4. The predicted molar refractivity (Wildman–Crippen MR) is 62.5 cm³/mol. The van der Waals surface area contributed by atoms with Gasteiger partial charge in [-0.3, -0.25) is 9.59 Å². The van der Waals surface area contributed by atoms with Crippen LogP contribution in [0, 0.1) is 5.92 Å². The molecule has 4 nitrogen and oxygen atoms in total. The monoisotopic (exact) mass is 228 g/mol. The average Bonchev–Trinajstić information content (AvgIpc) is 2.31. The van der Waals surface area contributed by atoms with Gasteiger partial charge in [0, 0.05) is 0 Å². The first-order valence-electron chi connectivity index (χ1n) is 5.90. The second-order valence-electron chi connectivity index (χ2n) is 4.10. The SMILES string of the molecule is CCCCC([C]=O)OC(=O)[C@@H](N)C(C)CC. The van der Waals surface area contributed by atoms with Gasteiger partial charge in [0.2, 0.25) is 6.29 Å². The quantitative estimate of drug-likeness (QED) is 0.640. The predicted octanol–water partition coefficient (Wildman–Crippen LogP) is 1.57. The summed E-state index contributed by atoms with van der Waals surface area (Å²) >= 11 is 0. The summed E-state index contributed by atoms with van der Waals surface area (Å²) in [5, 5.41) is 0. The van der Waals surface area contributed by atoms with Crippen LogP contribution in [-0.4, -0.2) is 24.4 Å². The van der Waals surface area contributed by atoms with Crippen molar-refractivity contribution in [2.24, 2.45) is 11.7 Å². The minimum Gasteiger partial charge on any atom is -0.453 e. The molecule has 0 saturated heterocycles. The number of carbonyl (C=O) groups is 1. The molecular weight excluding hydrogens is 206 g/mol. The van der Waals surface area contributed by atoms with Crippen molar-refractivity contribution < 1.29 is 14.3 Å². The lowest BCUT2D eigenvalue weighted by atomic mass is 10.0. The van der Waals surface area contributed by atoms with Gasteiger partial charge in [0.1, 0.15) is 6.04 Å². The van der Waals surface area contributed by atoms with E-state index < -0.39 is 18.1 Å². The van der Waals surface area contributed by atoms with Crippen LogP contribution in [0.2, 0.25) is 0 Å². The molecule has 0 aromatic rings. The van der Waals surface area contributed by atoms with E-state index in [4.69, 9.17) is 10.5 Å². The van der Waals surface area contributed by atoms with Crippen LogP contribution in [-0.2, 0) is 14.3 Å². The van der Waals surface area contributed by atoms with Crippen molar-refractivity contribution in [3.63, 3.8) is 0 Å². The molecule has 1 radical (unpaired) electrons. The normalized spacial score (nSPS) is 16.2. The first-order chi connectivity index (χ1) is 7.56. The van der Waals surface area contributed by atoms with Crippen LogP contribution in [0.5, 0.6) is 0 Å². The molecule has 0 heterocycles. The lowest BCUT2D eigenvalue weighted by Crippen LogP contribution is -2.40. The molecule has 0 aliphatic rings. The van der Waals surface area contributed by atoms with Gasteiger partial charge in [-0.2, -0.15) is 0 Å². The third kappa shape index (κ3) is 5.26. The molecule has 0 bridgehead atoms. The van der Waals surface area contributed by atoms with E-state index >= 15 is 0 Å². The number of hydrogen-bond donors (Lipinski definition) is 1. The Kier molecular flexibility index (Phi) is 7.81. The van der Waals surface area contributed by atoms with Crippen LogP contribution in [0.4, 0.5) is 0 Å². The Balaban J connectivity index is 4.13. The molecular formula is C12H22NO3. The summed E-state index contributed by atoms with van der Waals surface area (Å²) in [4.78, 5) is 22.1. The van der Waals surface area contributed by atoms with Gasteiger partial charge < -0.3 is 10.5 Å². The highest BCUT2D eigenvalue weighted by Crippen LogP contribution is 2.09. The zero-order chi connectivity index (χ0) is 12.6. The van der Waals surface area contributed by atoms with Crippen LogP contribution in [0.15, 0.2) is 0 Å². The molecule has 3 atom stereocenters. The lowest BCUT2D eigenvalue weighted by Gasteiger charge is -2.19. The average molecular weight is 228 g/mol. The van der Waals surface area contributed by atoms with E-state index in [2.05, 4.69) is 0 Å². The maximum Gasteiger partial charge on any atom is 0.323 e. The van der Waals surface area contributed by atoms with Crippen molar-refractivity contribution >= 4 is 12.3 Å². The Labute approximate surface area is 97.5 Å². The number of hydrogen-bond acceptors (Lipinski definition) is 4. The van der Waals surface area contributed by atoms with Crippen molar-refractivity contribution in [2.45, 2.75) is 58.6 Å². The molecule has 0 aliphatic heterocycles. The number of rotatable bonds is 8. The molecule has 4 heteroatoms. The van der Waals surface area contributed by atoms with Crippen LogP contribution < -0.4 is 5.73 Å². The van der Waals surface area contributed by atoms with Crippen LogP contribution >= 0.6 is 0 Å². The molecule has 16 heavy (non-hydrogen) atoms. The van der Waals surface area contributed by atoms with Crippen LogP contribution in [0.25, 0.3) is 0 Å². The first kappa shape index (κ1) is 15.1. The van der Waals surface area contributed by atoms with Gasteiger partial charge in [0.25, 0.3) is 0 Å². The van der Waals surface area contributed by atoms with E-state index in [1.54, 1.807) is 6.29 Å². The standard InChI is InChI=1S/C12H22NO3/c1-4-6-7-10(8-14)16-12(15)11(13)9(3)5-2/h9-11H,4-7,13H2,1-3H3/t9?,10?,11-/m0/s1. The number of carbonyl (C=O) groups excluding carboxylic acids is 2. The zero-order valence-corrected chi connectivity index (χ0v) is 10.4. The van der Waals surface area contributed by atoms with Gasteiger partial charge in [-0.05, 0) is 18.8 Å². The molecule has 0 aliphatic carbocycles. The highest BCUT2D eigenvalue weighted by atomic mass is 16.5. The summed E-state index contributed by atoms with van der Waals surface area (Å²) in [5.74, 6) is -0.440. The fourth-order valence-corrected chi connectivity index (χ4v) is 1.24. The number of esters is 1. The van der Waals surface area contributed by atoms with E-state index in [1.807, 2.05) is 20.8 Å². The van der Waals surface area contributed by atoms with Gasteiger partial charge in [-0.15, -0.1) is 0 Å². The molecule has 0 aromatic carbocycles. The Morgan fingerprint density at radius 3 is 2.50 bits per heavy atom. The number of nitrogens with two attached hydrogens (primary N) is 1. The fourth-order valence-electron chi connectivity index (χ4n) is 1.24. The highest BCUT2D eigenvalue weighted by molar-refractivity contribution is 5.78. The summed E-state index contributed by atoms with van der Waals surface area (Å²) in [6.45, 7) is 5.85. The Hall–Kier alpha value is -0.900. The highest BCUT2D eigenvalue weighted by Gasteiger charge is 2.24. The van der Waals surface area contributed by atoms with E-state index in [0.717, 1.165) is 19.3 Å². The van der Waals surface area contributed by atoms with Crippen LogP contribution in [0.3, 0.4) is 0 Å². The summed E-state index contributed by atoms with van der Waals surface area (Å²) in [6.07, 6.45) is 4.09. The molecule has 2 unspecified atom stereocenters.